The molecule has 1 saturated heterocycles. The van der Waals surface area contributed by atoms with E-state index in [-0.39, 0.29) is 17.2 Å². The van der Waals surface area contributed by atoms with Crippen LogP contribution in [-0.4, -0.2) is 44.1 Å². The lowest BCUT2D eigenvalue weighted by Gasteiger charge is -2.38. The minimum atomic E-state index is -1.75. The molecule has 112 valence electrons. The van der Waals surface area contributed by atoms with E-state index in [1.807, 2.05) is 0 Å². The molecule has 1 aliphatic rings. The van der Waals surface area contributed by atoms with Gasteiger partial charge in [-0.15, -0.1) is 0 Å². The number of carboxylic acids is 1. The van der Waals surface area contributed by atoms with Gasteiger partial charge in [0.05, 0.1) is 6.10 Å². The van der Waals surface area contributed by atoms with Gasteiger partial charge in [0.2, 0.25) is 0 Å². The summed E-state index contributed by atoms with van der Waals surface area (Å²) in [5.74, 6) is -0.935. The lowest BCUT2D eigenvalue weighted by atomic mass is 10.1. The topological polar surface area (TPSA) is 84.6 Å². The van der Waals surface area contributed by atoms with Crippen LogP contribution in [0.15, 0.2) is 0 Å². The number of carbonyl (C=O) groups is 1. The Morgan fingerprint density at radius 3 is 2.58 bits per heavy atom. The summed E-state index contributed by atoms with van der Waals surface area (Å²) in [6, 6.07) is -0.634. The molecule has 6 heteroatoms. The van der Waals surface area contributed by atoms with Crippen LogP contribution in [0, 0.1) is 0 Å². The Bertz CT molecular complexity index is 328. The highest BCUT2D eigenvalue weighted by Gasteiger charge is 2.40. The quantitative estimate of drug-likeness (QED) is 0.668. The van der Waals surface area contributed by atoms with Crippen LogP contribution in [0.2, 0.25) is 18.1 Å². The first-order chi connectivity index (χ1) is 8.53. The zero-order valence-corrected chi connectivity index (χ0v) is 13.7. The van der Waals surface area contributed by atoms with E-state index in [1.165, 1.54) is 0 Å². The zero-order valence-electron chi connectivity index (χ0n) is 12.7. The van der Waals surface area contributed by atoms with E-state index in [9.17, 15) is 4.79 Å². The fourth-order valence-electron chi connectivity index (χ4n) is 2.05. The van der Waals surface area contributed by atoms with Gasteiger partial charge in [0.15, 0.2) is 8.32 Å². The van der Waals surface area contributed by atoms with E-state index in [4.69, 9.17) is 15.3 Å². The third kappa shape index (κ3) is 4.56. The van der Waals surface area contributed by atoms with Crippen molar-refractivity contribution in [3.8, 4) is 0 Å². The zero-order chi connectivity index (χ0) is 14.8. The van der Waals surface area contributed by atoms with Crippen molar-refractivity contribution in [3.63, 3.8) is 0 Å². The smallest absolute Gasteiger partial charge is 0.320 e. The van der Waals surface area contributed by atoms with Crippen LogP contribution in [0.1, 0.15) is 33.6 Å². The van der Waals surface area contributed by atoms with E-state index >= 15 is 0 Å². The predicted octanol–water partition coefficient (Wildman–Crippen LogP) is 1.54. The van der Waals surface area contributed by atoms with E-state index in [2.05, 4.69) is 39.2 Å². The van der Waals surface area contributed by atoms with Crippen LogP contribution in [-0.2, 0) is 9.22 Å². The van der Waals surface area contributed by atoms with Crippen molar-refractivity contribution >= 4 is 14.3 Å². The number of nitrogens with one attached hydrogen (secondary N) is 1. The predicted molar refractivity (Wildman–Crippen MR) is 78.7 cm³/mol. The molecule has 3 atom stereocenters. The molecule has 3 unspecified atom stereocenters. The number of carboxylic acid groups (broad SMARTS) is 1. The summed E-state index contributed by atoms with van der Waals surface area (Å²) in [5, 5.41) is 12.3. The van der Waals surface area contributed by atoms with E-state index < -0.39 is 20.3 Å². The second-order valence-electron chi connectivity index (χ2n) is 7.02. The number of nitrogens with two attached hydrogens (primary N) is 1. The maximum atomic E-state index is 10.8. The van der Waals surface area contributed by atoms with Gasteiger partial charge in [0.25, 0.3) is 0 Å². The molecule has 19 heavy (non-hydrogen) atoms. The number of hydrogen-bond acceptors (Lipinski definition) is 4. The van der Waals surface area contributed by atoms with E-state index in [1.54, 1.807) is 0 Å². The first kappa shape index (κ1) is 16.6. The van der Waals surface area contributed by atoms with Crippen molar-refractivity contribution in [2.75, 3.05) is 6.54 Å². The van der Waals surface area contributed by atoms with Crippen molar-refractivity contribution < 1.29 is 14.3 Å². The molecule has 1 fully saturated rings. The van der Waals surface area contributed by atoms with Crippen LogP contribution < -0.4 is 11.1 Å². The molecular weight excluding hydrogens is 260 g/mol. The molecule has 0 radical (unpaired) electrons. The third-order valence-corrected chi connectivity index (χ3v) is 8.84. The Kier molecular flexibility index (Phi) is 5.17. The van der Waals surface area contributed by atoms with Gasteiger partial charge in [-0.2, -0.15) is 0 Å². The summed E-state index contributed by atoms with van der Waals surface area (Å²) in [6.45, 7) is 11.9. The summed E-state index contributed by atoms with van der Waals surface area (Å²) in [6.07, 6.45) is 1.51. The SMILES string of the molecule is CC(C)(C)[Si](C)(C)OC1CNC(CC(N)C(=O)O)C1. The molecule has 1 heterocycles. The van der Waals surface area contributed by atoms with Crippen LogP contribution in [0.5, 0.6) is 0 Å². The van der Waals surface area contributed by atoms with E-state index in [0.717, 1.165) is 13.0 Å². The van der Waals surface area contributed by atoms with Gasteiger partial charge in [-0.1, -0.05) is 20.8 Å². The summed E-state index contributed by atoms with van der Waals surface area (Å²) in [4.78, 5) is 10.8. The highest BCUT2D eigenvalue weighted by Crippen LogP contribution is 2.38. The first-order valence-corrected chi connectivity index (χ1v) is 9.83. The van der Waals surface area contributed by atoms with Gasteiger partial charge in [-0.05, 0) is 31.0 Å². The molecule has 5 nitrogen and oxygen atoms in total. The Hall–Kier alpha value is -0.433. The molecule has 1 rings (SSSR count). The monoisotopic (exact) mass is 288 g/mol. The molecule has 0 aliphatic carbocycles. The second kappa shape index (κ2) is 5.91. The highest BCUT2D eigenvalue weighted by molar-refractivity contribution is 6.74. The standard InChI is InChI=1S/C13H28N2O3Si/c1-13(2,3)19(4,5)18-10-6-9(15-8-10)7-11(14)12(16)17/h9-11,15H,6-8,14H2,1-5H3,(H,16,17). The average molecular weight is 288 g/mol. The molecule has 0 amide bonds. The fraction of sp³-hybridized carbons (Fsp3) is 0.923. The summed E-state index contributed by atoms with van der Waals surface area (Å²) < 4.78 is 6.32. The van der Waals surface area contributed by atoms with Crippen molar-refractivity contribution in [3.05, 3.63) is 0 Å². The summed E-state index contributed by atoms with van der Waals surface area (Å²) in [7, 11) is -1.75. The Balaban J connectivity index is 2.47. The Morgan fingerprint density at radius 2 is 2.11 bits per heavy atom. The molecule has 0 bridgehead atoms. The van der Waals surface area contributed by atoms with Crippen molar-refractivity contribution in [1.29, 1.82) is 0 Å². The van der Waals surface area contributed by atoms with Crippen molar-refractivity contribution in [1.82, 2.24) is 5.32 Å². The summed E-state index contributed by atoms with van der Waals surface area (Å²) in [5.41, 5.74) is 5.57. The van der Waals surface area contributed by atoms with Crippen LogP contribution in [0.3, 0.4) is 0 Å². The van der Waals surface area contributed by atoms with Crippen LogP contribution >= 0.6 is 0 Å². The third-order valence-electron chi connectivity index (χ3n) is 4.30. The van der Waals surface area contributed by atoms with Crippen molar-refractivity contribution in [2.24, 2.45) is 5.73 Å². The number of rotatable bonds is 5. The first-order valence-electron chi connectivity index (χ1n) is 6.92. The Labute approximate surface area is 117 Å². The summed E-state index contributed by atoms with van der Waals surface area (Å²) >= 11 is 0. The molecule has 4 N–H and O–H groups in total. The highest BCUT2D eigenvalue weighted by atomic mass is 28.4. The molecule has 0 spiro atoms. The second-order valence-corrected chi connectivity index (χ2v) is 11.8. The Morgan fingerprint density at radius 1 is 1.53 bits per heavy atom. The molecule has 0 aromatic heterocycles. The molecule has 0 saturated carbocycles. The molecule has 0 aromatic carbocycles. The molecule has 1 aliphatic heterocycles. The van der Waals surface area contributed by atoms with Crippen LogP contribution in [0.4, 0.5) is 0 Å². The number of hydrogen-bond donors (Lipinski definition) is 3. The average Bonchev–Trinajstić information content (AvgIpc) is 2.62. The van der Waals surface area contributed by atoms with Gasteiger partial charge >= 0.3 is 5.97 Å². The number of aliphatic carboxylic acids is 1. The van der Waals surface area contributed by atoms with Crippen LogP contribution in [0.25, 0.3) is 0 Å². The van der Waals surface area contributed by atoms with Gasteiger partial charge in [0.1, 0.15) is 6.04 Å². The molecular formula is C13H28N2O3Si. The fourth-order valence-corrected chi connectivity index (χ4v) is 3.42. The van der Waals surface area contributed by atoms with Crippen molar-refractivity contribution in [2.45, 2.75) is 69.9 Å². The maximum absolute atomic E-state index is 10.8. The largest absolute Gasteiger partial charge is 0.480 e. The lowest BCUT2D eigenvalue weighted by Crippen LogP contribution is -2.44. The lowest BCUT2D eigenvalue weighted by molar-refractivity contribution is -0.138. The van der Waals surface area contributed by atoms with Gasteiger partial charge in [-0.25, -0.2) is 0 Å². The van der Waals surface area contributed by atoms with Gasteiger partial charge < -0.3 is 20.6 Å². The minimum Gasteiger partial charge on any atom is -0.480 e. The normalized spacial score (nSPS) is 26.4. The molecule has 0 aromatic rings. The maximum Gasteiger partial charge on any atom is 0.320 e. The van der Waals surface area contributed by atoms with Gasteiger partial charge in [0, 0.05) is 12.6 Å². The van der Waals surface area contributed by atoms with E-state index in [0.29, 0.717) is 6.42 Å². The minimum absolute atomic E-state index is 0.154. The van der Waals surface area contributed by atoms with Gasteiger partial charge in [-0.3, -0.25) is 4.79 Å².